The summed E-state index contributed by atoms with van der Waals surface area (Å²) in [6.07, 6.45) is 1.01. The first-order valence-electron chi connectivity index (χ1n) is 10.3. The molecule has 1 N–H and O–H groups in total. The minimum absolute atomic E-state index is 0.0418. The van der Waals surface area contributed by atoms with E-state index in [9.17, 15) is 9.59 Å². The molecule has 8 nitrogen and oxygen atoms in total. The predicted molar refractivity (Wildman–Crippen MR) is 115 cm³/mol. The van der Waals surface area contributed by atoms with E-state index in [1.165, 1.54) is 0 Å². The highest BCUT2D eigenvalue weighted by molar-refractivity contribution is 5.93. The van der Waals surface area contributed by atoms with Crippen molar-refractivity contribution in [3.63, 3.8) is 0 Å². The number of hydrogen-bond donors (Lipinski definition) is 1. The van der Waals surface area contributed by atoms with E-state index < -0.39 is 0 Å². The third-order valence-corrected chi connectivity index (χ3v) is 6.25. The fraction of sp³-hybridized carbons (Fsp3) is 0.348. The quantitative estimate of drug-likeness (QED) is 0.701. The molecule has 1 fully saturated rings. The molecule has 2 aliphatic heterocycles. The Labute approximate surface area is 179 Å². The number of aromatic amines is 1. The largest absolute Gasteiger partial charge is 0.493 e. The average Bonchev–Trinajstić information content (AvgIpc) is 3.29. The molecule has 2 atom stereocenters. The van der Waals surface area contributed by atoms with Crippen LogP contribution in [0.2, 0.25) is 0 Å². The van der Waals surface area contributed by atoms with E-state index in [0.717, 1.165) is 17.7 Å². The second-order valence-corrected chi connectivity index (χ2v) is 8.14. The van der Waals surface area contributed by atoms with Crippen LogP contribution in [0, 0.1) is 5.92 Å². The van der Waals surface area contributed by atoms with Gasteiger partial charge in [-0.3, -0.25) is 14.7 Å². The van der Waals surface area contributed by atoms with Crippen LogP contribution in [0.4, 0.5) is 0 Å². The summed E-state index contributed by atoms with van der Waals surface area (Å²) in [4.78, 5) is 27.3. The van der Waals surface area contributed by atoms with Gasteiger partial charge in [0.25, 0.3) is 11.5 Å². The van der Waals surface area contributed by atoms with Gasteiger partial charge in [0.1, 0.15) is 5.69 Å². The van der Waals surface area contributed by atoms with Crippen molar-refractivity contribution in [3.8, 4) is 22.8 Å². The summed E-state index contributed by atoms with van der Waals surface area (Å²) >= 11 is 0. The number of pyridine rings is 1. The van der Waals surface area contributed by atoms with Crippen LogP contribution in [0.3, 0.4) is 0 Å². The molecular formula is C23H24N4O4. The van der Waals surface area contributed by atoms with Crippen LogP contribution in [0.1, 0.15) is 28.5 Å². The Bertz CT molecular complexity index is 1200. The number of H-pyrrole nitrogens is 1. The zero-order valence-electron chi connectivity index (χ0n) is 17.5. The van der Waals surface area contributed by atoms with Gasteiger partial charge in [0.2, 0.25) is 0 Å². The molecule has 0 saturated carbocycles. The number of ether oxygens (including phenoxy) is 2. The van der Waals surface area contributed by atoms with E-state index in [-0.39, 0.29) is 23.3 Å². The number of nitrogens with one attached hydrogen (secondary N) is 1. The van der Waals surface area contributed by atoms with E-state index in [0.29, 0.717) is 42.5 Å². The van der Waals surface area contributed by atoms with Crippen LogP contribution in [0.5, 0.6) is 11.5 Å². The van der Waals surface area contributed by atoms with E-state index in [2.05, 4.69) is 10.2 Å². The third kappa shape index (κ3) is 3.37. The van der Waals surface area contributed by atoms with Gasteiger partial charge in [-0.25, -0.2) is 0 Å². The predicted octanol–water partition coefficient (Wildman–Crippen LogP) is 2.52. The first-order valence-corrected chi connectivity index (χ1v) is 10.3. The Morgan fingerprint density at radius 2 is 1.90 bits per heavy atom. The molecule has 1 aromatic carbocycles. The number of piperidine rings is 1. The molecule has 3 aromatic rings. The molecule has 2 aliphatic rings. The number of benzene rings is 1. The monoisotopic (exact) mass is 420 g/mol. The van der Waals surface area contributed by atoms with Gasteiger partial charge >= 0.3 is 0 Å². The molecule has 31 heavy (non-hydrogen) atoms. The topological polar surface area (TPSA) is 89.5 Å². The molecule has 5 rings (SSSR count). The molecular weight excluding hydrogens is 396 g/mol. The van der Waals surface area contributed by atoms with Gasteiger partial charge in [0, 0.05) is 42.9 Å². The Morgan fingerprint density at radius 1 is 1.06 bits per heavy atom. The van der Waals surface area contributed by atoms with Gasteiger partial charge in [-0.05, 0) is 42.7 Å². The van der Waals surface area contributed by atoms with Crippen molar-refractivity contribution >= 4 is 5.91 Å². The van der Waals surface area contributed by atoms with Gasteiger partial charge in [-0.2, -0.15) is 5.10 Å². The van der Waals surface area contributed by atoms with Crippen molar-refractivity contribution < 1.29 is 14.3 Å². The molecule has 0 spiro atoms. The fourth-order valence-corrected chi connectivity index (χ4v) is 4.81. The van der Waals surface area contributed by atoms with E-state index >= 15 is 0 Å². The minimum atomic E-state index is -0.0688. The highest BCUT2D eigenvalue weighted by atomic mass is 16.5. The maximum Gasteiger partial charge on any atom is 0.271 e. The molecule has 0 unspecified atom stereocenters. The van der Waals surface area contributed by atoms with Crippen LogP contribution in [0.25, 0.3) is 11.3 Å². The standard InChI is InChI=1S/C23H24N4O4/c1-30-20-7-6-15(9-21(20)31-2)17-10-18(25-24-17)23(29)26-11-14-8-16(13-26)19-4-3-5-22(28)27(19)12-14/h3-7,9-10,14,16H,8,11-13H2,1-2H3,(H,24,25)/t14-,16+/m0/s1. The molecule has 8 heteroatoms. The molecule has 160 valence electrons. The van der Waals surface area contributed by atoms with Crippen molar-refractivity contribution in [2.75, 3.05) is 27.3 Å². The molecule has 1 amide bonds. The Morgan fingerprint density at radius 3 is 2.71 bits per heavy atom. The van der Waals surface area contributed by atoms with Crippen LogP contribution in [-0.4, -0.2) is 52.9 Å². The average molecular weight is 420 g/mol. The zero-order chi connectivity index (χ0) is 21.5. The highest BCUT2D eigenvalue weighted by Crippen LogP contribution is 2.36. The lowest BCUT2D eigenvalue weighted by Crippen LogP contribution is -2.49. The lowest BCUT2D eigenvalue weighted by molar-refractivity contribution is 0.0588. The third-order valence-electron chi connectivity index (χ3n) is 6.25. The normalized spacial score (nSPS) is 19.6. The fourth-order valence-electron chi connectivity index (χ4n) is 4.81. The summed E-state index contributed by atoms with van der Waals surface area (Å²) in [6.45, 7) is 1.90. The van der Waals surface area contributed by atoms with Crippen LogP contribution < -0.4 is 15.0 Å². The molecule has 1 saturated heterocycles. The number of amides is 1. The number of nitrogens with zero attached hydrogens (tertiary/aromatic N) is 3. The Kier molecular flexibility index (Phi) is 4.77. The van der Waals surface area contributed by atoms with Crippen molar-refractivity contribution in [1.82, 2.24) is 19.7 Å². The van der Waals surface area contributed by atoms with Gasteiger partial charge in [0.15, 0.2) is 11.5 Å². The summed E-state index contributed by atoms with van der Waals surface area (Å²) in [7, 11) is 3.17. The minimum Gasteiger partial charge on any atom is -0.493 e. The van der Waals surface area contributed by atoms with Crippen LogP contribution in [-0.2, 0) is 6.54 Å². The van der Waals surface area contributed by atoms with Crippen LogP contribution in [0.15, 0.2) is 47.3 Å². The summed E-state index contributed by atoms with van der Waals surface area (Å²) in [5.41, 5.74) is 3.02. The van der Waals surface area contributed by atoms with E-state index in [4.69, 9.17) is 9.47 Å². The first kappa shape index (κ1) is 19.4. The molecule has 4 heterocycles. The molecule has 2 bridgehead atoms. The summed E-state index contributed by atoms with van der Waals surface area (Å²) in [6, 6.07) is 12.7. The number of carbonyl (C=O) groups is 1. The number of fused-ring (bicyclic) bond motifs is 4. The summed E-state index contributed by atoms with van der Waals surface area (Å²) < 4.78 is 12.5. The Hall–Kier alpha value is -3.55. The van der Waals surface area contributed by atoms with E-state index in [1.54, 1.807) is 32.4 Å². The van der Waals surface area contributed by atoms with Crippen molar-refractivity contribution in [3.05, 3.63) is 64.2 Å². The van der Waals surface area contributed by atoms with Crippen molar-refractivity contribution in [2.45, 2.75) is 18.9 Å². The molecule has 0 radical (unpaired) electrons. The lowest BCUT2D eigenvalue weighted by atomic mass is 9.83. The SMILES string of the molecule is COc1ccc(-c2cc(C(=O)N3C[C@@H]4C[C@H](C3)c3cccc(=O)n3C4)[nH]n2)cc1OC. The number of aromatic nitrogens is 3. The Balaban J connectivity index is 1.38. The highest BCUT2D eigenvalue weighted by Gasteiger charge is 2.36. The summed E-state index contributed by atoms with van der Waals surface area (Å²) in [5.74, 6) is 1.63. The van der Waals surface area contributed by atoms with Crippen LogP contribution >= 0.6 is 0 Å². The number of hydrogen-bond acceptors (Lipinski definition) is 5. The van der Waals surface area contributed by atoms with Crippen molar-refractivity contribution in [2.24, 2.45) is 5.92 Å². The van der Waals surface area contributed by atoms with Crippen molar-refractivity contribution in [1.29, 1.82) is 0 Å². The first-order chi connectivity index (χ1) is 15.1. The number of carbonyl (C=O) groups excluding carboxylic acids is 1. The number of methoxy groups -OCH3 is 2. The smallest absolute Gasteiger partial charge is 0.271 e. The lowest BCUT2D eigenvalue weighted by Gasteiger charge is -2.42. The van der Waals surface area contributed by atoms with E-state index in [1.807, 2.05) is 33.7 Å². The second-order valence-electron chi connectivity index (χ2n) is 8.14. The second kappa shape index (κ2) is 7.61. The van der Waals surface area contributed by atoms with Gasteiger partial charge in [0.05, 0.1) is 19.9 Å². The molecule has 2 aromatic heterocycles. The molecule has 0 aliphatic carbocycles. The summed E-state index contributed by atoms with van der Waals surface area (Å²) in [5, 5.41) is 7.23. The number of rotatable bonds is 4. The van der Waals surface area contributed by atoms with Gasteiger partial charge in [-0.15, -0.1) is 0 Å². The van der Waals surface area contributed by atoms with Gasteiger partial charge in [-0.1, -0.05) is 6.07 Å². The zero-order valence-corrected chi connectivity index (χ0v) is 17.5. The maximum absolute atomic E-state index is 13.2. The maximum atomic E-state index is 13.2. The number of likely N-dealkylation sites (tertiary alicyclic amines) is 1. The van der Waals surface area contributed by atoms with Gasteiger partial charge < -0.3 is 18.9 Å².